The van der Waals surface area contributed by atoms with Crippen molar-refractivity contribution in [3.63, 3.8) is 0 Å². The summed E-state index contributed by atoms with van der Waals surface area (Å²) in [7, 11) is 0. The molecule has 1 aromatic heterocycles. The molecule has 0 radical (unpaired) electrons. The fourth-order valence-electron chi connectivity index (χ4n) is 8.04. The fraction of sp³-hybridized carbons (Fsp3) is 0.541. The van der Waals surface area contributed by atoms with Gasteiger partial charge in [-0.2, -0.15) is 0 Å². The number of terminal acetylenes is 1. The number of piperidine rings is 1. The van der Waals surface area contributed by atoms with Gasteiger partial charge in [0.05, 0.1) is 23.0 Å². The van der Waals surface area contributed by atoms with Crippen LogP contribution in [-0.2, 0) is 10.2 Å². The van der Waals surface area contributed by atoms with E-state index in [9.17, 15) is 4.79 Å². The van der Waals surface area contributed by atoms with Gasteiger partial charge in [-0.3, -0.25) is 9.78 Å². The monoisotopic (exact) mass is 560 g/mol. The summed E-state index contributed by atoms with van der Waals surface area (Å²) in [5.74, 6) is 3.98. The number of carbonyl (C=O) groups is 1. The number of carbonyl (C=O) groups excluding carboxylic acids is 1. The van der Waals surface area contributed by atoms with E-state index in [-0.39, 0.29) is 6.04 Å². The van der Waals surface area contributed by atoms with Crippen LogP contribution in [-0.4, -0.2) is 36.2 Å². The summed E-state index contributed by atoms with van der Waals surface area (Å²) in [6, 6.07) is 9.02. The van der Waals surface area contributed by atoms with Crippen LogP contribution in [0.4, 0.5) is 11.4 Å². The minimum absolute atomic E-state index is 0.270. The van der Waals surface area contributed by atoms with Crippen LogP contribution in [0.1, 0.15) is 101 Å². The fourth-order valence-corrected chi connectivity index (χ4v) is 8.04. The van der Waals surface area contributed by atoms with E-state index < -0.39 is 5.41 Å². The Morgan fingerprint density at radius 3 is 2.62 bits per heavy atom. The quantitative estimate of drug-likeness (QED) is 0.233. The highest BCUT2D eigenvalue weighted by Gasteiger charge is 2.54. The number of hydrogen-bond donors (Lipinski definition) is 1. The number of rotatable bonds is 5. The van der Waals surface area contributed by atoms with Crippen molar-refractivity contribution in [3.05, 3.63) is 52.7 Å². The van der Waals surface area contributed by atoms with Gasteiger partial charge in [-0.1, -0.05) is 43.5 Å². The average molecular weight is 561 g/mol. The molecule has 218 valence electrons. The maximum Gasteiger partial charge on any atom is 0.238 e. The lowest BCUT2D eigenvalue weighted by molar-refractivity contribution is -0.125. The summed E-state index contributed by atoms with van der Waals surface area (Å²) in [4.78, 5) is 26.4. The molecular weight excluding hydrogens is 516 g/mol. The van der Waals surface area contributed by atoms with E-state index in [1.807, 2.05) is 0 Å². The molecular formula is C37H44N4O. The zero-order valence-corrected chi connectivity index (χ0v) is 25.5. The number of hydrogen-bond acceptors (Lipinski definition) is 4. The molecule has 1 saturated heterocycles. The van der Waals surface area contributed by atoms with Gasteiger partial charge >= 0.3 is 0 Å². The lowest BCUT2D eigenvalue weighted by atomic mass is 9.72. The molecule has 0 atom stereocenters. The van der Waals surface area contributed by atoms with Gasteiger partial charge in [0, 0.05) is 28.9 Å². The summed E-state index contributed by atoms with van der Waals surface area (Å²) in [6.07, 6.45) is 20.8. The predicted octanol–water partition coefficient (Wildman–Crippen LogP) is 7.54. The van der Waals surface area contributed by atoms with Crippen molar-refractivity contribution in [2.24, 2.45) is 16.3 Å². The van der Waals surface area contributed by atoms with Crippen molar-refractivity contribution in [2.75, 3.05) is 18.0 Å². The number of pyridine rings is 1. The molecule has 3 heterocycles. The molecule has 3 fully saturated rings. The van der Waals surface area contributed by atoms with E-state index in [1.54, 1.807) is 5.57 Å². The third kappa shape index (κ3) is 4.73. The number of allylic oxidation sites excluding steroid dienone is 2. The van der Waals surface area contributed by atoms with Crippen molar-refractivity contribution < 1.29 is 4.79 Å². The van der Waals surface area contributed by atoms with Gasteiger partial charge in [-0.25, -0.2) is 4.99 Å². The van der Waals surface area contributed by atoms with Gasteiger partial charge < -0.3 is 10.2 Å². The van der Waals surface area contributed by atoms with Crippen LogP contribution in [0.25, 0.3) is 11.3 Å². The van der Waals surface area contributed by atoms with Gasteiger partial charge in [-0.05, 0) is 119 Å². The van der Waals surface area contributed by atoms with Crippen molar-refractivity contribution >= 4 is 23.5 Å². The first kappa shape index (κ1) is 27.6. The zero-order valence-electron chi connectivity index (χ0n) is 25.5. The number of fused-ring (bicyclic) bond motifs is 2. The molecule has 7 rings (SSSR count). The van der Waals surface area contributed by atoms with E-state index in [0.29, 0.717) is 23.2 Å². The molecule has 1 aromatic carbocycles. The molecule has 2 saturated carbocycles. The Kier molecular flexibility index (Phi) is 6.89. The van der Waals surface area contributed by atoms with Crippen LogP contribution in [0.15, 0.2) is 40.9 Å². The number of amides is 1. The summed E-state index contributed by atoms with van der Waals surface area (Å²) in [6.45, 7) is 8.69. The van der Waals surface area contributed by atoms with E-state index in [2.05, 4.69) is 72.2 Å². The third-order valence-corrected chi connectivity index (χ3v) is 11.0. The van der Waals surface area contributed by atoms with Crippen LogP contribution in [0.3, 0.4) is 0 Å². The maximum absolute atomic E-state index is 14.4. The minimum atomic E-state index is -0.405. The van der Waals surface area contributed by atoms with Crippen molar-refractivity contribution in [3.8, 4) is 23.6 Å². The lowest BCUT2D eigenvalue weighted by Gasteiger charge is -2.44. The SMILES string of the molecule is C#CC=Nc1cc(-c2ccc3c(c2)N(C2CC(C4=CCCC(C)(C)CC4)C2)C(=O)C32CCNCC2)nc(C2CC2)c1C. The first-order chi connectivity index (χ1) is 20.3. The normalized spacial score (nSPS) is 26.5. The Morgan fingerprint density at radius 1 is 1.10 bits per heavy atom. The van der Waals surface area contributed by atoms with Gasteiger partial charge in [-0.15, -0.1) is 6.42 Å². The molecule has 2 aliphatic heterocycles. The Morgan fingerprint density at radius 2 is 1.88 bits per heavy atom. The second-order valence-electron chi connectivity index (χ2n) is 14.3. The number of aliphatic imine (C=N–C) groups is 1. The maximum atomic E-state index is 14.4. The highest BCUT2D eigenvalue weighted by molar-refractivity contribution is 6.09. The third-order valence-electron chi connectivity index (χ3n) is 11.0. The van der Waals surface area contributed by atoms with Crippen LogP contribution in [0, 0.1) is 30.6 Å². The van der Waals surface area contributed by atoms with Gasteiger partial charge in [0.25, 0.3) is 0 Å². The molecule has 5 heteroatoms. The van der Waals surface area contributed by atoms with Crippen molar-refractivity contribution in [2.45, 2.75) is 102 Å². The number of nitrogens with one attached hydrogen (secondary N) is 1. The summed E-state index contributed by atoms with van der Waals surface area (Å²) >= 11 is 0. The molecule has 0 unspecified atom stereocenters. The molecule has 0 bridgehead atoms. The molecule has 3 aliphatic carbocycles. The van der Waals surface area contributed by atoms with Crippen LogP contribution >= 0.6 is 0 Å². The molecule has 1 spiro atoms. The molecule has 5 aliphatic rings. The Bertz CT molecular complexity index is 1510. The van der Waals surface area contributed by atoms with Gasteiger partial charge in [0.1, 0.15) is 0 Å². The van der Waals surface area contributed by atoms with Gasteiger partial charge in [0.2, 0.25) is 5.91 Å². The Hall–Kier alpha value is -3.23. The highest BCUT2D eigenvalue weighted by Crippen LogP contribution is 2.53. The molecule has 2 aromatic rings. The van der Waals surface area contributed by atoms with E-state index >= 15 is 0 Å². The number of benzene rings is 1. The largest absolute Gasteiger partial charge is 0.317 e. The standard InChI is InChI=1S/C37H44N4O/c1-5-17-39-31-23-32(40-34(24(31)2)26-8-9-26)27-10-11-30-33(22-27)41(35(42)37(30)15-18-38-19-16-37)29-20-28(21-29)25-7-6-13-36(3,4)14-12-25/h1,7,10-11,17,22-23,26,28-29,38H,6,8-9,12-16,18-21H2,2-4H3. The van der Waals surface area contributed by atoms with Crippen LogP contribution in [0.2, 0.25) is 0 Å². The molecule has 42 heavy (non-hydrogen) atoms. The van der Waals surface area contributed by atoms with E-state index in [0.717, 1.165) is 72.7 Å². The van der Waals surface area contributed by atoms with E-state index in [4.69, 9.17) is 11.4 Å². The highest BCUT2D eigenvalue weighted by atomic mass is 16.2. The second-order valence-corrected chi connectivity index (χ2v) is 14.3. The van der Waals surface area contributed by atoms with Crippen molar-refractivity contribution in [1.29, 1.82) is 0 Å². The summed E-state index contributed by atoms with van der Waals surface area (Å²) in [5, 5.41) is 3.49. The number of anilines is 1. The Labute approximate surface area is 251 Å². The Balaban J connectivity index is 1.23. The first-order valence-corrected chi connectivity index (χ1v) is 16.2. The first-order valence-electron chi connectivity index (χ1n) is 16.2. The summed E-state index contributed by atoms with van der Waals surface area (Å²) in [5.41, 5.74) is 9.13. The zero-order chi connectivity index (χ0) is 29.1. The second kappa shape index (κ2) is 10.5. The lowest BCUT2D eigenvalue weighted by Crippen LogP contribution is -2.53. The smallest absolute Gasteiger partial charge is 0.238 e. The van der Waals surface area contributed by atoms with E-state index in [1.165, 1.54) is 50.3 Å². The molecule has 5 nitrogen and oxygen atoms in total. The molecule has 1 N–H and O–H groups in total. The average Bonchev–Trinajstić information content (AvgIpc) is 3.80. The summed E-state index contributed by atoms with van der Waals surface area (Å²) < 4.78 is 0. The number of aromatic nitrogens is 1. The number of nitrogens with zero attached hydrogens (tertiary/aromatic N) is 3. The molecule has 1 amide bonds. The van der Waals surface area contributed by atoms with Crippen LogP contribution < -0.4 is 10.2 Å². The van der Waals surface area contributed by atoms with Crippen molar-refractivity contribution in [1.82, 2.24) is 10.3 Å². The topological polar surface area (TPSA) is 57.6 Å². The van der Waals surface area contributed by atoms with Gasteiger partial charge in [0.15, 0.2) is 0 Å². The predicted molar refractivity (Wildman–Crippen MR) is 171 cm³/mol. The minimum Gasteiger partial charge on any atom is -0.317 e. The van der Waals surface area contributed by atoms with Crippen LogP contribution in [0.5, 0.6) is 0 Å².